The number of rotatable bonds is 2. The van der Waals surface area contributed by atoms with Crippen molar-refractivity contribution >= 4 is 17.2 Å². The van der Waals surface area contributed by atoms with Crippen LogP contribution in [0.4, 0.5) is 0 Å². The maximum Gasteiger partial charge on any atom is 0.0919 e. The summed E-state index contributed by atoms with van der Waals surface area (Å²) in [5.74, 6) is 0. The van der Waals surface area contributed by atoms with E-state index in [0.29, 0.717) is 0 Å². The van der Waals surface area contributed by atoms with Crippen LogP contribution in [0.1, 0.15) is 18.2 Å². The topological polar surface area (TPSA) is 30.2 Å². The molecule has 0 saturated carbocycles. The Bertz CT molecular complexity index is 509. The van der Waals surface area contributed by atoms with Crippen LogP contribution in [0.3, 0.4) is 0 Å². The molecule has 0 aliphatic heterocycles. The highest BCUT2D eigenvalue weighted by molar-refractivity contribution is 5.92. The molecule has 0 atom stereocenters. The first-order chi connectivity index (χ1) is 7.29. The Morgan fingerprint density at radius 3 is 3.00 bits per heavy atom. The third-order valence-electron chi connectivity index (χ3n) is 2.71. The van der Waals surface area contributed by atoms with Gasteiger partial charge in [-0.25, -0.2) is 0 Å². The molecule has 0 radical (unpaired) electrons. The maximum absolute atomic E-state index is 4.43. The van der Waals surface area contributed by atoms with Crippen molar-refractivity contribution in [1.82, 2.24) is 9.55 Å². The van der Waals surface area contributed by atoms with Crippen molar-refractivity contribution in [2.75, 3.05) is 7.05 Å². The number of aryl methyl sites for hydroxylation is 2. The zero-order valence-electron chi connectivity index (χ0n) is 9.36. The molecular weight excluding hydrogens is 186 g/mol. The lowest BCUT2D eigenvalue weighted by atomic mass is 10.1. The lowest BCUT2D eigenvalue weighted by Gasteiger charge is -1.98. The molecule has 0 spiro atoms. The molecule has 15 heavy (non-hydrogen) atoms. The second-order valence-electron chi connectivity index (χ2n) is 3.53. The van der Waals surface area contributed by atoms with Crippen LogP contribution >= 0.6 is 0 Å². The average Bonchev–Trinajstić information content (AvgIpc) is 2.54. The average molecular weight is 201 g/mol. The van der Waals surface area contributed by atoms with Gasteiger partial charge in [-0.1, -0.05) is 6.92 Å². The van der Waals surface area contributed by atoms with Crippen LogP contribution in [-0.4, -0.2) is 22.8 Å². The van der Waals surface area contributed by atoms with Crippen molar-refractivity contribution in [2.24, 2.45) is 12.0 Å². The molecule has 0 aliphatic carbocycles. The summed E-state index contributed by atoms with van der Waals surface area (Å²) in [5, 5.41) is 0. The predicted octanol–water partition coefficient (Wildman–Crippen LogP) is 2.18. The molecule has 0 aromatic carbocycles. The summed E-state index contributed by atoms with van der Waals surface area (Å²) >= 11 is 0. The van der Waals surface area contributed by atoms with Gasteiger partial charge in [0.05, 0.1) is 16.7 Å². The quantitative estimate of drug-likeness (QED) is 0.685. The molecule has 0 aliphatic rings. The molecule has 0 saturated heterocycles. The van der Waals surface area contributed by atoms with E-state index in [-0.39, 0.29) is 0 Å². The van der Waals surface area contributed by atoms with Gasteiger partial charge in [0.1, 0.15) is 0 Å². The summed E-state index contributed by atoms with van der Waals surface area (Å²) in [6.07, 6.45) is 4.73. The van der Waals surface area contributed by atoms with Crippen LogP contribution in [-0.2, 0) is 13.5 Å². The lowest BCUT2D eigenvalue weighted by Crippen LogP contribution is -1.97. The van der Waals surface area contributed by atoms with Gasteiger partial charge in [0, 0.05) is 32.1 Å². The van der Waals surface area contributed by atoms with Crippen LogP contribution < -0.4 is 0 Å². The number of aliphatic imine (C=N–C) groups is 1. The van der Waals surface area contributed by atoms with E-state index in [1.807, 2.05) is 18.5 Å². The van der Waals surface area contributed by atoms with E-state index in [1.54, 1.807) is 7.05 Å². The Balaban J connectivity index is 2.84. The first kappa shape index (κ1) is 9.90. The van der Waals surface area contributed by atoms with Gasteiger partial charge in [-0.3, -0.25) is 9.98 Å². The van der Waals surface area contributed by atoms with Crippen LogP contribution in [0, 0.1) is 0 Å². The smallest absolute Gasteiger partial charge is 0.0919 e. The number of hydrogen-bond donors (Lipinski definition) is 0. The number of fused-ring (bicyclic) bond motifs is 1. The van der Waals surface area contributed by atoms with Gasteiger partial charge in [-0.2, -0.15) is 0 Å². The zero-order chi connectivity index (χ0) is 10.8. The highest BCUT2D eigenvalue weighted by atomic mass is 15.0. The Morgan fingerprint density at radius 2 is 2.33 bits per heavy atom. The van der Waals surface area contributed by atoms with E-state index in [0.717, 1.165) is 17.6 Å². The summed E-state index contributed by atoms with van der Waals surface area (Å²) in [6, 6.07) is 4.06. The van der Waals surface area contributed by atoms with E-state index in [1.165, 1.54) is 11.1 Å². The van der Waals surface area contributed by atoms with Crippen molar-refractivity contribution in [2.45, 2.75) is 13.3 Å². The van der Waals surface area contributed by atoms with Crippen molar-refractivity contribution in [3.8, 4) is 0 Å². The number of nitrogens with zero attached hydrogens (tertiary/aromatic N) is 3. The van der Waals surface area contributed by atoms with Crippen LogP contribution in [0.2, 0.25) is 0 Å². The van der Waals surface area contributed by atoms with Gasteiger partial charge in [0.15, 0.2) is 0 Å². The van der Waals surface area contributed by atoms with Crippen molar-refractivity contribution in [3.05, 3.63) is 29.6 Å². The van der Waals surface area contributed by atoms with Gasteiger partial charge >= 0.3 is 0 Å². The van der Waals surface area contributed by atoms with Crippen LogP contribution in [0.15, 0.2) is 23.3 Å². The first-order valence-corrected chi connectivity index (χ1v) is 5.14. The highest BCUT2D eigenvalue weighted by Gasteiger charge is 2.12. The molecule has 2 rings (SSSR count). The molecule has 0 N–H and O–H groups in total. The zero-order valence-corrected chi connectivity index (χ0v) is 9.36. The molecule has 0 unspecified atom stereocenters. The minimum atomic E-state index is 0.982. The van der Waals surface area contributed by atoms with E-state index in [4.69, 9.17) is 0 Å². The molecule has 0 bridgehead atoms. The molecule has 2 aromatic heterocycles. The fraction of sp³-hybridized carbons (Fsp3) is 0.333. The molecule has 0 amide bonds. The minimum Gasteiger partial charge on any atom is -0.341 e. The summed E-state index contributed by atoms with van der Waals surface area (Å²) in [5.41, 5.74) is 4.70. The Labute approximate surface area is 89.5 Å². The third-order valence-corrected chi connectivity index (χ3v) is 2.71. The second-order valence-corrected chi connectivity index (χ2v) is 3.53. The van der Waals surface area contributed by atoms with Crippen molar-refractivity contribution in [1.29, 1.82) is 0 Å². The fourth-order valence-corrected chi connectivity index (χ4v) is 1.99. The summed E-state index contributed by atoms with van der Waals surface area (Å²) in [4.78, 5) is 8.53. The molecule has 0 fully saturated rings. The fourth-order valence-electron chi connectivity index (χ4n) is 1.99. The Hall–Kier alpha value is -1.64. The van der Waals surface area contributed by atoms with E-state index < -0.39 is 0 Å². The second kappa shape index (κ2) is 3.85. The lowest BCUT2D eigenvalue weighted by molar-refractivity contribution is 0.942. The van der Waals surface area contributed by atoms with Crippen molar-refractivity contribution in [3.63, 3.8) is 0 Å². The molecule has 3 heteroatoms. The third kappa shape index (κ3) is 1.44. The predicted molar refractivity (Wildman–Crippen MR) is 63.6 cm³/mol. The molecular formula is C12H15N3. The molecule has 78 valence electrons. The summed E-state index contributed by atoms with van der Waals surface area (Å²) in [7, 11) is 3.85. The van der Waals surface area contributed by atoms with E-state index in [9.17, 15) is 0 Å². The monoisotopic (exact) mass is 201 g/mol. The highest BCUT2D eigenvalue weighted by Crippen LogP contribution is 2.22. The molecule has 2 heterocycles. The van der Waals surface area contributed by atoms with Gasteiger partial charge in [-0.05, 0) is 18.6 Å². The summed E-state index contributed by atoms with van der Waals surface area (Å²) in [6.45, 7) is 2.15. The number of hydrogen-bond acceptors (Lipinski definition) is 2. The van der Waals surface area contributed by atoms with Crippen molar-refractivity contribution < 1.29 is 0 Å². The van der Waals surface area contributed by atoms with Gasteiger partial charge in [0.2, 0.25) is 0 Å². The standard InChI is InChI=1S/C12H15N3/c1-4-9-11(8-13-2)15(3)10-6-5-7-14-12(9)10/h5-8H,4H2,1-3H3. The number of aromatic nitrogens is 2. The van der Waals surface area contributed by atoms with Gasteiger partial charge in [0.25, 0.3) is 0 Å². The molecule has 3 nitrogen and oxygen atoms in total. The summed E-state index contributed by atoms with van der Waals surface area (Å²) < 4.78 is 2.15. The largest absolute Gasteiger partial charge is 0.341 e. The Morgan fingerprint density at radius 1 is 1.53 bits per heavy atom. The van der Waals surface area contributed by atoms with Gasteiger partial charge < -0.3 is 4.57 Å². The minimum absolute atomic E-state index is 0.982. The normalized spacial score (nSPS) is 11.7. The van der Waals surface area contributed by atoms with Crippen LogP contribution in [0.25, 0.3) is 11.0 Å². The Kier molecular flexibility index (Phi) is 2.54. The van der Waals surface area contributed by atoms with E-state index in [2.05, 4.69) is 34.6 Å². The SMILES string of the molecule is CCc1c(C=NC)n(C)c2cccnc12. The molecule has 2 aromatic rings. The maximum atomic E-state index is 4.43. The van der Waals surface area contributed by atoms with Crippen LogP contribution in [0.5, 0.6) is 0 Å². The van der Waals surface area contributed by atoms with E-state index >= 15 is 0 Å². The first-order valence-electron chi connectivity index (χ1n) is 5.14. The van der Waals surface area contributed by atoms with Gasteiger partial charge in [-0.15, -0.1) is 0 Å². The number of pyridine rings is 1.